The summed E-state index contributed by atoms with van der Waals surface area (Å²) in [5.74, 6) is -3.04. The van der Waals surface area contributed by atoms with Crippen LogP contribution < -0.4 is 5.32 Å². The summed E-state index contributed by atoms with van der Waals surface area (Å²) in [4.78, 5) is 38.7. The van der Waals surface area contributed by atoms with Gasteiger partial charge in [0.05, 0.1) is 19.1 Å². The molecule has 0 aliphatic carbocycles. The Kier molecular flexibility index (Phi) is 5.41. The number of benzene rings is 1. The molecule has 1 saturated heterocycles. The number of likely N-dealkylation sites (tertiary alicyclic amines) is 1. The number of carboxylic acids is 1. The number of anilines is 1. The molecule has 7 nitrogen and oxygen atoms in total. The predicted molar refractivity (Wildman–Crippen MR) is 95.9 cm³/mol. The molecule has 0 radical (unpaired) electrons. The Labute approximate surface area is 158 Å². The molecule has 1 fully saturated rings. The van der Waals surface area contributed by atoms with E-state index in [1.165, 1.54) is 42.7 Å². The van der Waals surface area contributed by atoms with Crippen LogP contribution in [0.25, 0.3) is 0 Å². The number of hydrogen-bond donors (Lipinski definition) is 2. The highest BCUT2D eigenvalue weighted by atomic mass is 32.1. The molecule has 0 spiro atoms. The molecule has 3 atom stereocenters. The summed E-state index contributed by atoms with van der Waals surface area (Å²) in [5, 5.41) is 14.0. The number of carbonyl (C=O) groups excluding carboxylic acids is 2. The molecule has 142 valence electrons. The second-order valence-electron chi connectivity index (χ2n) is 6.02. The van der Waals surface area contributed by atoms with Crippen LogP contribution in [0, 0.1) is 11.7 Å². The van der Waals surface area contributed by atoms with E-state index in [0.29, 0.717) is 10.6 Å². The highest BCUT2D eigenvalue weighted by Crippen LogP contribution is 2.43. The van der Waals surface area contributed by atoms with Crippen LogP contribution in [0.4, 0.5) is 14.9 Å². The van der Waals surface area contributed by atoms with Crippen molar-refractivity contribution in [1.82, 2.24) is 4.90 Å². The van der Waals surface area contributed by atoms with Gasteiger partial charge in [-0.25, -0.2) is 14.0 Å². The highest BCUT2D eigenvalue weighted by molar-refractivity contribution is 7.10. The first kappa shape index (κ1) is 18.8. The number of aliphatic carboxylic acids is 1. The third-order valence-electron chi connectivity index (χ3n) is 4.45. The highest BCUT2D eigenvalue weighted by Gasteiger charge is 2.51. The van der Waals surface area contributed by atoms with E-state index in [-0.39, 0.29) is 6.42 Å². The maximum Gasteiger partial charge on any atom is 0.326 e. The Hall–Kier alpha value is -2.94. The fourth-order valence-corrected chi connectivity index (χ4v) is 4.14. The number of urea groups is 1. The van der Waals surface area contributed by atoms with Gasteiger partial charge < -0.3 is 20.1 Å². The van der Waals surface area contributed by atoms with Crippen LogP contribution in [0.1, 0.15) is 17.3 Å². The molecule has 0 bridgehead atoms. The van der Waals surface area contributed by atoms with Gasteiger partial charge in [0.2, 0.25) is 0 Å². The normalized spacial score (nSPS) is 21.7. The minimum Gasteiger partial charge on any atom is -0.480 e. The minimum absolute atomic E-state index is 0.0542. The van der Waals surface area contributed by atoms with E-state index in [4.69, 9.17) is 4.74 Å². The van der Waals surface area contributed by atoms with Gasteiger partial charge in [-0.05, 0) is 42.1 Å². The Balaban J connectivity index is 1.96. The molecule has 1 aliphatic rings. The summed E-state index contributed by atoms with van der Waals surface area (Å²) in [6.07, 6.45) is -0.0542. The van der Waals surface area contributed by atoms with Gasteiger partial charge in [0.15, 0.2) is 0 Å². The second-order valence-corrected chi connectivity index (χ2v) is 7.00. The summed E-state index contributed by atoms with van der Waals surface area (Å²) >= 11 is 1.32. The van der Waals surface area contributed by atoms with Crippen molar-refractivity contribution >= 4 is 35.0 Å². The molecule has 1 aromatic heterocycles. The van der Waals surface area contributed by atoms with Crippen molar-refractivity contribution in [3.05, 3.63) is 52.5 Å². The number of hydrogen-bond acceptors (Lipinski definition) is 5. The zero-order valence-electron chi connectivity index (χ0n) is 14.3. The number of amides is 2. The van der Waals surface area contributed by atoms with Crippen molar-refractivity contribution in [2.75, 3.05) is 12.4 Å². The molecule has 1 aliphatic heterocycles. The average Bonchev–Trinajstić information content (AvgIpc) is 3.30. The molecule has 3 unspecified atom stereocenters. The zero-order chi connectivity index (χ0) is 19.6. The lowest BCUT2D eigenvalue weighted by molar-refractivity contribution is -0.146. The van der Waals surface area contributed by atoms with E-state index in [9.17, 15) is 23.9 Å². The van der Waals surface area contributed by atoms with Gasteiger partial charge in [0.1, 0.15) is 11.9 Å². The average molecular weight is 392 g/mol. The smallest absolute Gasteiger partial charge is 0.326 e. The van der Waals surface area contributed by atoms with Crippen LogP contribution in [-0.2, 0) is 14.3 Å². The standard InChI is InChI=1S/C18H17FN2O5S/c1-26-17(24)12-9-13(16(22)23)21(15(12)14-3-2-8-27-14)18(25)20-11-6-4-10(19)5-7-11/h2-8,12-13,15H,9H2,1H3,(H,20,25)(H,22,23). The molecule has 27 heavy (non-hydrogen) atoms. The fraction of sp³-hybridized carbons (Fsp3) is 0.278. The lowest BCUT2D eigenvalue weighted by atomic mass is 9.98. The molecule has 0 saturated carbocycles. The number of nitrogens with one attached hydrogen (secondary N) is 1. The summed E-state index contributed by atoms with van der Waals surface area (Å²) in [5.41, 5.74) is 0.317. The maximum absolute atomic E-state index is 13.1. The van der Waals surface area contributed by atoms with Crippen LogP contribution in [0.2, 0.25) is 0 Å². The number of esters is 1. The SMILES string of the molecule is COC(=O)C1CC(C(=O)O)N(C(=O)Nc2ccc(F)cc2)C1c1cccs1. The van der Waals surface area contributed by atoms with Crippen LogP contribution in [0.15, 0.2) is 41.8 Å². The van der Waals surface area contributed by atoms with Gasteiger partial charge in [0.25, 0.3) is 0 Å². The van der Waals surface area contributed by atoms with E-state index in [0.717, 1.165) is 4.90 Å². The number of carbonyl (C=O) groups is 3. The largest absolute Gasteiger partial charge is 0.480 e. The predicted octanol–water partition coefficient (Wildman–Crippen LogP) is 3.11. The summed E-state index contributed by atoms with van der Waals surface area (Å²) in [6.45, 7) is 0. The van der Waals surface area contributed by atoms with Crippen molar-refractivity contribution in [3.63, 3.8) is 0 Å². The molecular weight excluding hydrogens is 375 g/mol. The molecular formula is C18H17FN2O5S. The van der Waals surface area contributed by atoms with Gasteiger partial charge in [-0.15, -0.1) is 11.3 Å². The summed E-state index contributed by atoms with van der Waals surface area (Å²) in [6, 6.07) is 5.98. The van der Waals surface area contributed by atoms with E-state index < -0.39 is 41.8 Å². The van der Waals surface area contributed by atoms with Crippen LogP contribution in [-0.4, -0.2) is 41.1 Å². The molecule has 2 N–H and O–H groups in total. The van der Waals surface area contributed by atoms with E-state index >= 15 is 0 Å². The second kappa shape index (κ2) is 7.75. The Morgan fingerprint density at radius 1 is 1.26 bits per heavy atom. The van der Waals surface area contributed by atoms with E-state index in [1.54, 1.807) is 17.5 Å². The maximum atomic E-state index is 13.1. The number of nitrogens with zero attached hydrogens (tertiary/aromatic N) is 1. The number of thiophene rings is 1. The number of rotatable bonds is 4. The van der Waals surface area contributed by atoms with Crippen molar-refractivity contribution in [2.24, 2.45) is 5.92 Å². The molecule has 9 heteroatoms. The quantitative estimate of drug-likeness (QED) is 0.780. The zero-order valence-corrected chi connectivity index (χ0v) is 15.1. The monoisotopic (exact) mass is 392 g/mol. The first-order chi connectivity index (χ1) is 12.9. The Morgan fingerprint density at radius 3 is 2.52 bits per heavy atom. The Bertz CT molecular complexity index is 840. The summed E-state index contributed by atoms with van der Waals surface area (Å²) in [7, 11) is 1.23. The fourth-order valence-electron chi connectivity index (χ4n) is 3.25. The third-order valence-corrected chi connectivity index (χ3v) is 5.39. The molecule has 1 aromatic carbocycles. The molecule has 2 amide bonds. The van der Waals surface area contributed by atoms with Gasteiger partial charge in [0, 0.05) is 10.6 Å². The van der Waals surface area contributed by atoms with Crippen molar-refractivity contribution in [2.45, 2.75) is 18.5 Å². The minimum atomic E-state index is -1.21. The topological polar surface area (TPSA) is 95.9 Å². The lowest BCUT2D eigenvalue weighted by Gasteiger charge is -2.29. The van der Waals surface area contributed by atoms with Gasteiger partial charge in [-0.2, -0.15) is 0 Å². The summed E-state index contributed by atoms with van der Waals surface area (Å²) < 4.78 is 17.9. The van der Waals surface area contributed by atoms with Crippen LogP contribution in [0.5, 0.6) is 0 Å². The molecule has 2 aromatic rings. The van der Waals surface area contributed by atoms with Crippen LogP contribution >= 0.6 is 11.3 Å². The number of carboxylic acid groups (broad SMARTS) is 1. The van der Waals surface area contributed by atoms with Gasteiger partial charge in [-0.3, -0.25) is 4.79 Å². The molecule has 2 heterocycles. The van der Waals surface area contributed by atoms with E-state index in [1.807, 2.05) is 0 Å². The van der Waals surface area contributed by atoms with Crippen molar-refractivity contribution in [1.29, 1.82) is 0 Å². The first-order valence-corrected chi connectivity index (χ1v) is 8.99. The third kappa shape index (κ3) is 3.77. The van der Waals surface area contributed by atoms with Crippen molar-refractivity contribution in [3.8, 4) is 0 Å². The first-order valence-electron chi connectivity index (χ1n) is 8.11. The van der Waals surface area contributed by atoms with Crippen LogP contribution in [0.3, 0.4) is 0 Å². The van der Waals surface area contributed by atoms with Gasteiger partial charge >= 0.3 is 18.0 Å². The Morgan fingerprint density at radius 2 is 1.96 bits per heavy atom. The number of ether oxygens (including phenoxy) is 1. The molecule has 3 rings (SSSR count). The van der Waals surface area contributed by atoms with E-state index in [2.05, 4.69) is 5.32 Å². The number of halogens is 1. The van der Waals surface area contributed by atoms with Gasteiger partial charge in [-0.1, -0.05) is 6.07 Å². The lowest BCUT2D eigenvalue weighted by Crippen LogP contribution is -2.44. The number of methoxy groups -OCH3 is 1. The van der Waals surface area contributed by atoms with Crippen molar-refractivity contribution < 1.29 is 28.6 Å².